The van der Waals surface area contributed by atoms with Crippen LogP contribution in [0.25, 0.3) is 0 Å². The van der Waals surface area contributed by atoms with Gasteiger partial charge in [-0.2, -0.15) is 0 Å². The molecule has 1 heterocycles. The normalized spacial score (nSPS) is 16.7. The van der Waals surface area contributed by atoms with Crippen molar-refractivity contribution in [3.63, 3.8) is 0 Å². The second-order valence-corrected chi connectivity index (χ2v) is 6.45. The van der Waals surface area contributed by atoms with Crippen molar-refractivity contribution in [3.8, 4) is 0 Å². The van der Waals surface area contributed by atoms with Crippen LogP contribution in [0.2, 0.25) is 0 Å². The van der Waals surface area contributed by atoms with E-state index in [0.717, 1.165) is 12.6 Å². The Morgan fingerprint density at radius 2 is 2.04 bits per heavy atom. The zero-order valence-corrected chi connectivity index (χ0v) is 15.8. The largest absolute Gasteiger partial charge is 0.404 e. The Morgan fingerprint density at radius 1 is 1.38 bits per heavy atom. The third-order valence-electron chi connectivity index (χ3n) is 3.80. The average Bonchev–Trinajstić information content (AvgIpc) is 2.64. The third-order valence-corrected chi connectivity index (χ3v) is 4.27. The number of hydrogen-bond acceptors (Lipinski definition) is 5. The van der Waals surface area contributed by atoms with Crippen LogP contribution in [0, 0.1) is 0 Å². The summed E-state index contributed by atoms with van der Waals surface area (Å²) >= 11 is 3.08. The van der Waals surface area contributed by atoms with Gasteiger partial charge in [-0.25, -0.2) is 0 Å². The number of aldehydes is 1. The van der Waals surface area contributed by atoms with E-state index in [1.165, 1.54) is 43.9 Å². The zero-order chi connectivity index (χ0) is 17.6. The van der Waals surface area contributed by atoms with Gasteiger partial charge in [0, 0.05) is 25.0 Å². The van der Waals surface area contributed by atoms with E-state index in [9.17, 15) is 4.79 Å². The van der Waals surface area contributed by atoms with Crippen LogP contribution in [0.5, 0.6) is 0 Å². The highest BCUT2D eigenvalue weighted by Gasteiger charge is 2.17. The number of halogens is 1. The molecule has 0 aromatic heterocycles. The van der Waals surface area contributed by atoms with Crippen molar-refractivity contribution in [1.82, 2.24) is 10.2 Å². The average molecular weight is 395 g/mol. The van der Waals surface area contributed by atoms with E-state index in [1.54, 1.807) is 0 Å². The molecule has 1 aliphatic rings. The van der Waals surface area contributed by atoms with Crippen LogP contribution in [-0.4, -0.2) is 50.1 Å². The van der Waals surface area contributed by atoms with Crippen molar-refractivity contribution in [3.05, 3.63) is 46.6 Å². The lowest BCUT2D eigenvalue weighted by atomic mass is 10.0. The highest BCUT2D eigenvalue weighted by atomic mass is 79.9. The van der Waals surface area contributed by atoms with Gasteiger partial charge < -0.3 is 15.8 Å². The van der Waals surface area contributed by atoms with E-state index in [4.69, 9.17) is 5.73 Å². The van der Waals surface area contributed by atoms with E-state index >= 15 is 0 Å². The van der Waals surface area contributed by atoms with Gasteiger partial charge in [0.15, 0.2) is 0 Å². The second kappa shape index (κ2) is 12.9. The number of likely N-dealkylation sites (tertiary alicyclic amines) is 1. The van der Waals surface area contributed by atoms with Crippen LogP contribution in [0.3, 0.4) is 0 Å². The van der Waals surface area contributed by atoms with E-state index in [2.05, 4.69) is 68.5 Å². The first-order valence-electron chi connectivity index (χ1n) is 8.14. The van der Waals surface area contributed by atoms with Crippen LogP contribution < -0.4 is 11.1 Å². The first kappa shape index (κ1) is 20.5. The van der Waals surface area contributed by atoms with Crippen LogP contribution in [0.15, 0.2) is 46.0 Å². The standard InChI is InChI=1S/C13H20N2.C5H7BrN2O/c1-14-13-7-9-15(10-8-13)11-12-5-3-2-4-6-12;6-5(3-7)4-8-1-2-9/h2-6,13-14H,7-11H2,1H3;2-4H,1,7H2/b;5-3+,8-4?. The maximum absolute atomic E-state index is 9.69. The lowest BCUT2D eigenvalue weighted by Gasteiger charge is -2.31. The molecule has 3 N–H and O–H groups in total. The summed E-state index contributed by atoms with van der Waals surface area (Å²) in [5.74, 6) is 0. The number of piperidine rings is 1. The lowest BCUT2D eigenvalue weighted by Crippen LogP contribution is -2.40. The molecule has 5 nitrogen and oxygen atoms in total. The molecule has 0 unspecified atom stereocenters. The number of benzene rings is 1. The van der Waals surface area contributed by atoms with Crippen LogP contribution in [-0.2, 0) is 11.3 Å². The fourth-order valence-electron chi connectivity index (χ4n) is 2.45. The number of nitrogens with two attached hydrogens (primary N) is 1. The number of nitrogens with zero attached hydrogens (tertiary/aromatic N) is 2. The molecule has 0 saturated carbocycles. The topological polar surface area (TPSA) is 70.7 Å². The number of nitrogens with one attached hydrogen (secondary N) is 1. The van der Waals surface area contributed by atoms with Gasteiger partial charge in [-0.3, -0.25) is 9.89 Å². The van der Waals surface area contributed by atoms with Gasteiger partial charge in [-0.15, -0.1) is 0 Å². The van der Waals surface area contributed by atoms with Gasteiger partial charge in [0.05, 0.1) is 11.0 Å². The van der Waals surface area contributed by atoms with Gasteiger partial charge in [-0.05, 0) is 54.5 Å². The summed E-state index contributed by atoms with van der Waals surface area (Å²) in [6.45, 7) is 3.74. The monoisotopic (exact) mass is 394 g/mol. The molecule has 0 radical (unpaired) electrons. The summed E-state index contributed by atoms with van der Waals surface area (Å²) in [7, 11) is 2.07. The van der Waals surface area contributed by atoms with Crippen LogP contribution in [0.1, 0.15) is 18.4 Å². The zero-order valence-electron chi connectivity index (χ0n) is 14.2. The minimum atomic E-state index is 0.183. The van der Waals surface area contributed by atoms with Gasteiger partial charge in [0.2, 0.25) is 0 Å². The highest BCUT2D eigenvalue weighted by molar-refractivity contribution is 9.12. The molecule has 0 amide bonds. The molecular weight excluding hydrogens is 368 g/mol. The molecular formula is C18H27BrN4O. The van der Waals surface area contributed by atoms with Crippen LogP contribution in [0.4, 0.5) is 0 Å². The molecule has 0 atom stereocenters. The summed E-state index contributed by atoms with van der Waals surface area (Å²) < 4.78 is 0.671. The molecule has 1 saturated heterocycles. The molecule has 0 spiro atoms. The van der Waals surface area contributed by atoms with Gasteiger partial charge in [-0.1, -0.05) is 30.3 Å². The van der Waals surface area contributed by atoms with E-state index < -0.39 is 0 Å². The number of allylic oxidation sites excluding steroid dienone is 1. The molecule has 2 rings (SSSR count). The summed E-state index contributed by atoms with van der Waals surface area (Å²) in [5.41, 5.74) is 6.50. The van der Waals surface area contributed by atoms with E-state index in [1.807, 2.05) is 0 Å². The highest BCUT2D eigenvalue weighted by Crippen LogP contribution is 2.13. The molecule has 6 heteroatoms. The minimum Gasteiger partial charge on any atom is -0.404 e. The Bertz CT molecular complexity index is 511. The Morgan fingerprint density at radius 3 is 2.58 bits per heavy atom. The van der Waals surface area contributed by atoms with Gasteiger partial charge >= 0.3 is 0 Å². The minimum absolute atomic E-state index is 0.183. The third kappa shape index (κ3) is 8.96. The maximum Gasteiger partial charge on any atom is 0.141 e. The molecule has 1 fully saturated rings. The van der Waals surface area contributed by atoms with Crippen molar-refractivity contribution in [1.29, 1.82) is 0 Å². The Kier molecular flexibility index (Phi) is 11.0. The summed E-state index contributed by atoms with van der Waals surface area (Å²) in [6.07, 6.45) is 6.11. The molecule has 132 valence electrons. The Labute approximate surface area is 153 Å². The molecule has 1 aromatic carbocycles. The SMILES string of the molecule is CNC1CCN(Cc2ccccc2)CC1.N/C=C(/Br)C=NCC=O. The van der Waals surface area contributed by atoms with Crippen molar-refractivity contribution in [2.75, 3.05) is 26.7 Å². The number of carbonyl (C=O) groups excluding carboxylic acids is 1. The van der Waals surface area contributed by atoms with Crippen LogP contribution >= 0.6 is 15.9 Å². The molecule has 1 aliphatic heterocycles. The van der Waals surface area contributed by atoms with Crippen molar-refractivity contribution >= 4 is 28.4 Å². The first-order chi connectivity index (χ1) is 11.7. The Hall–Kier alpha value is -1.50. The Balaban J connectivity index is 0.000000277. The summed E-state index contributed by atoms with van der Waals surface area (Å²) in [4.78, 5) is 15.9. The fraction of sp³-hybridized carbons (Fsp3) is 0.444. The van der Waals surface area contributed by atoms with Gasteiger partial charge in [0.1, 0.15) is 6.29 Å². The fourth-order valence-corrected chi connectivity index (χ4v) is 2.59. The smallest absolute Gasteiger partial charge is 0.141 e. The summed E-state index contributed by atoms with van der Waals surface area (Å²) in [5, 5.41) is 3.36. The van der Waals surface area contributed by atoms with E-state index in [-0.39, 0.29) is 6.54 Å². The lowest BCUT2D eigenvalue weighted by molar-refractivity contribution is -0.106. The number of carbonyl (C=O) groups is 1. The molecule has 1 aromatic rings. The second-order valence-electron chi connectivity index (χ2n) is 5.54. The van der Waals surface area contributed by atoms with Gasteiger partial charge in [0.25, 0.3) is 0 Å². The number of aliphatic imine (C=N–C) groups is 1. The van der Waals surface area contributed by atoms with E-state index in [0.29, 0.717) is 10.8 Å². The number of rotatable bonds is 6. The number of hydrogen-bond donors (Lipinski definition) is 2. The predicted molar refractivity (Wildman–Crippen MR) is 104 cm³/mol. The quantitative estimate of drug-likeness (QED) is 0.573. The predicted octanol–water partition coefficient (Wildman–Crippen LogP) is 2.32. The maximum atomic E-state index is 9.69. The van der Waals surface area contributed by atoms with Crippen molar-refractivity contribution in [2.45, 2.75) is 25.4 Å². The summed E-state index contributed by atoms with van der Waals surface area (Å²) in [6, 6.07) is 11.5. The first-order valence-corrected chi connectivity index (χ1v) is 8.93. The molecule has 24 heavy (non-hydrogen) atoms. The van der Waals surface area contributed by atoms with Crippen molar-refractivity contribution < 1.29 is 4.79 Å². The molecule has 0 bridgehead atoms. The van der Waals surface area contributed by atoms with Crippen molar-refractivity contribution in [2.24, 2.45) is 10.7 Å². The molecule has 0 aliphatic carbocycles.